The number of nitrogens with zero attached hydrogens (tertiary/aromatic N) is 4. The molecule has 0 aliphatic carbocycles. The third-order valence-electron chi connectivity index (χ3n) is 6.15. The van der Waals surface area contributed by atoms with Gasteiger partial charge >= 0.3 is 0 Å². The molecular weight excluding hydrogens is 424 g/mol. The second-order valence-corrected chi connectivity index (χ2v) is 9.90. The van der Waals surface area contributed by atoms with E-state index in [1.165, 1.54) is 27.0 Å². The summed E-state index contributed by atoms with van der Waals surface area (Å²) in [6.45, 7) is 6.14. The molecule has 0 N–H and O–H groups in total. The summed E-state index contributed by atoms with van der Waals surface area (Å²) in [6, 6.07) is 13.1. The fourth-order valence-electron chi connectivity index (χ4n) is 4.51. The van der Waals surface area contributed by atoms with E-state index in [9.17, 15) is 0 Å². The third kappa shape index (κ3) is 3.76. The third-order valence-corrected chi connectivity index (χ3v) is 7.92. The number of anilines is 1. The van der Waals surface area contributed by atoms with Crippen LogP contribution in [0, 0.1) is 0 Å². The van der Waals surface area contributed by atoms with Crippen LogP contribution in [0.2, 0.25) is 0 Å². The topological polar surface area (TPSA) is 41.5 Å². The molecule has 0 atom stereocenters. The van der Waals surface area contributed by atoms with E-state index in [0.29, 0.717) is 0 Å². The lowest BCUT2D eigenvalue weighted by Gasteiger charge is -2.31. The molecule has 6 rings (SSSR count). The summed E-state index contributed by atoms with van der Waals surface area (Å²) >= 11 is 3.52. The van der Waals surface area contributed by atoms with Crippen molar-refractivity contribution in [3.8, 4) is 10.4 Å². The Bertz CT molecular complexity index is 1200. The molecule has 5 heterocycles. The lowest BCUT2D eigenvalue weighted by Crippen LogP contribution is -2.36. The maximum atomic E-state index is 5.52. The van der Waals surface area contributed by atoms with Gasteiger partial charge in [0.2, 0.25) is 0 Å². The summed E-state index contributed by atoms with van der Waals surface area (Å²) in [4.78, 5) is 17.4. The first kappa shape index (κ1) is 19.4. The van der Waals surface area contributed by atoms with Crippen molar-refractivity contribution in [2.45, 2.75) is 19.5 Å². The van der Waals surface area contributed by atoms with Crippen molar-refractivity contribution in [1.29, 1.82) is 0 Å². The van der Waals surface area contributed by atoms with Crippen molar-refractivity contribution in [2.75, 3.05) is 37.7 Å². The van der Waals surface area contributed by atoms with Gasteiger partial charge in [-0.2, -0.15) is 0 Å². The number of hydrogen-bond donors (Lipinski definition) is 0. The van der Waals surface area contributed by atoms with Crippen molar-refractivity contribution in [3.05, 3.63) is 64.1 Å². The van der Waals surface area contributed by atoms with Gasteiger partial charge in [0.05, 0.1) is 25.1 Å². The van der Waals surface area contributed by atoms with Crippen LogP contribution in [0.25, 0.3) is 20.7 Å². The molecule has 2 aliphatic rings. The molecule has 7 heteroatoms. The molecule has 1 saturated heterocycles. The Morgan fingerprint density at radius 3 is 2.65 bits per heavy atom. The average molecular weight is 449 g/mol. The number of hydrogen-bond acceptors (Lipinski definition) is 7. The Hall–Kier alpha value is -2.32. The van der Waals surface area contributed by atoms with E-state index in [1.54, 1.807) is 22.7 Å². The highest BCUT2D eigenvalue weighted by atomic mass is 32.1. The lowest BCUT2D eigenvalue weighted by atomic mass is 9.99. The highest BCUT2D eigenvalue weighted by molar-refractivity contribution is 7.18. The van der Waals surface area contributed by atoms with Crippen molar-refractivity contribution >= 4 is 38.7 Å². The van der Waals surface area contributed by atoms with Gasteiger partial charge in [0.25, 0.3) is 0 Å². The zero-order valence-electron chi connectivity index (χ0n) is 17.3. The predicted octanol–water partition coefficient (Wildman–Crippen LogP) is 4.81. The summed E-state index contributed by atoms with van der Waals surface area (Å²) in [5.41, 5.74) is 4.13. The van der Waals surface area contributed by atoms with Crippen LogP contribution in [0.5, 0.6) is 0 Å². The molecule has 0 spiro atoms. The number of benzene rings is 1. The number of rotatable bonds is 4. The van der Waals surface area contributed by atoms with Gasteiger partial charge in [-0.05, 0) is 29.0 Å². The molecule has 31 heavy (non-hydrogen) atoms. The second-order valence-electron chi connectivity index (χ2n) is 8.10. The van der Waals surface area contributed by atoms with Gasteiger partial charge in [0.15, 0.2) is 0 Å². The molecule has 0 amide bonds. The van der Waals surface area contributed by atoms with Crippen LogP contribution in [-0.4, -0.2) is 47.7 Å². The molecular formula is C24H24N4OS2. The van der Waals surface area contributed by atoms with E-state index in [-0.39, 0.29) is 0 Å². The smallest absolute Gasteiger partial charge is 0.146 e. The molecule has 0 bridgehead atoms. The number of aromatic nitrogens is 2. The van der Waals surface area contributed by atoms with Crippen LogP contribution in [0.15, 0.2) is 47.2 Å². The Labute approximate surface area is 189 Å². The highest BCUT2D eigenvalue weighted by Gasteiger charge is 2.24. The normalized spacial score (nSPS) is 17.2. The predicted molar refractivity (Wildman–Crippen MR) is 128 cm³/mol. The van der Waals surface area contributed by atoms with Gasteiger partial charge in [-0.3, -0.25) is 4.90 Å². The van der Waals surface area contributed by atoms with E-state index >= 15 is 0 Å². The minimum Gasteiger partial charge on any atom is -0.379 e. The van der Waals surface area contributed by atoms with Gasteiger partial charge < -0.3 is 9.64 Å². The van der Waals surface area contributed by atoms with Crippen LogP contribution >= 0.6 is 22.7 Å². The standard InChI is InChI=1S/C24H24N4OS2/c1-2-5-18-14-28(8-7-17(18)4-1)23-22-19(20-6-3-13-30-20)16-31-24(22)26-21(25-23)15-27-9-11-29-12-10-27/h1-6,13,16H,7-12,14-15H2. The van der Waals surface area contributed by atoms with Gasteiger partial charge in [-0.25, -0.2) is 9.97 Å². The van der Waals surface area contributed by atoms with Gasteiger partial charge in [-0.1, -0.05) is 30.3 Å². The molecule has 2 aliphatic heterocycles. The number of thiophene rings is 2. The molecule has 5 nitrogen and oxygen atoms in total. The van der Waals surface area contributed by atoms with Crippen molar-refractivity contribution < 1.29 is 4.74 Å². The van der Waals surface area contributed by atoms with Gasteiger partial charge in [-0.15, -0.1) is 22.7 Å². The largest absolute Gasteiger partial charge is 0.379 e. The van der Waals surface area contributed by atoms with E-state index in [1.807, 2.05) is 0 Å². The van der Waals surface area contributed by atoms with E-state index in [0.717, 1.165) is 68.8 Å². The molecule has 0 radical (unpaired) electrons. The maximum Gasteiger partial charge on any atom is 0.146 e. The maximum absolute atomic E-state index is 5.52. The van der Waals surface area contributed by atoms with Crippen molar-refractivity contribution in [3.63, 3.8) is 0 Å². The molecule has 4 aromatic rings. The van der Waals surface area contributed by atoms with Crippen LogP contribution in [0.1, 0.15) is 17.0 Å². The van der Waals surface area contributed by atoms with E-state index in [2.05, 4.69) is 57.0 Å². The zero-order valence-corrected chi connectivity index (χ0v) is 18.9. The molecule has 1 aromatic carbocycles. The summed E-state index contributed by atoms with van der Waals surface area (Å²) in [6.07, 6.45) is 1.05. The molecule has 1 fully saturated rings. The summed E-state index contributed by atoms with van der Waals surface area (Å²) in [5.74, 6) is 2.01. The second kappa shape index (κ2) is 8.31. The molecule has 0 unspecified atom stereocenters. The average Bonchev–Trinajstić information content (AvgIpc) is 3.49. The van der Waals surface area contributed by atoms with Gasteiger partial charge in [0, 0.05) is 42.0 Å². The van der Waals surface area contributed by atoms with E-state index < -0.39 is 0 Å². The Morgan fingerprint density at radius 1 is 0.935 bits per heavy atom. The SMILES string of the molecule is c1csc(-c2csc3nc(CN4CCOCC4)nc(N4CCc5ccccc5C4)c23)c1. The zero-order chi connectivity index (χ0) is 20.6. The van der Waals surface area contributed by atoms with Gasteiger partial charge in [0.1, 0.15) is 16.5 Å². The molecule has 0 saturated carbocycles. The first-order valence-electron chi connectivity index (χ1n) is 10.8. The quantitative estimate of drug-likeness (QED) is 0.448. The fraction of sp³-hybridized carbons (Fsp3) is 0.333. The minimum atomic E-state index is 0.781. The highest BCUT2D eigenvalue weighted by Crippen LogP contribution is 2.41. The summed E-state index contributed by atoms with van der Waals surface area (Å²) in [7, 11) is 0. The van der Waals surface area contributed by atoms with Crippen LogP contribution < -0.4 is 4.90 Å². The summed E-state index contributed by atoms with van der Waals surface area (Å²) < 4.78 is 5.52. The number of ether oxygens (including phenoxy) is 1. The van der Waals surface area contributed by atoms with Crippen molar-refractivity contribution in [2.24, 2.45) is 0 Å². The van der Waals surface area contributed by atoms with Crippen LogP contribution in [0.4, 0.5) is 5.82 Å². The van der Waals surface area contributed by atoms with E-state index in [4.69, 9.17) is 14.7 Å². The summed E-state index contributed by atoms with van der Waals surface area (Å²) in [5, 5.41) is 5.60. The van der Waals surface area contributed by atoms with Crippen LogP contribution in [-0.2, 0) is 24.2 Å². The molecule has 3 aromatic heterocycles. The monoisotopic (exact) mass is 448 g/mol. The Kier molecular flexibility index (Phi) is 5.20. The Balaban J connectivity index is 1.44. The van der Waals surface area contributed by atoms with Crippen LogP contribution in [0.3, 0.4) is 0 Å². The first-order chi connectivity index (χ1) is 15.3. The van der Waals surface area contributed by atoms with Crippen molar-refractivity contribution in [1.82, 2.24) is 14.9 Å². The Morgan fingerprint density at radius 2 is 1.81 bits per heavy atom. The molecule has 158 valence electrons. The number of morpholine rings is 1. The minimum absolute atomic E-state index is 0.781. The number of fused-ring (bicyclic) bond motifs is 2. The lowest BCUT2D eigenvalue weighted by molar-refractivity contribution is 0.0331. The first-order valence-corrected chi connectivity index (χ1v) is 12.5. The fourth-order valence-corrected chi connectivity index (χ4v) is 6.29.